The van der Waals surface area contributed by atoms with Crippen LogP contribution in [0.4, 0.5) is 0 Å². The highest BCUT2D eigenvalue weighted by molar-refractivity contribution is 5.70. The van der Waals surface area contributed by atoms with E-state index in [1.807, 2.05) is 48.5 Å². The van der Waals surface area contributed by atoms with E-state index < -0.39 is 5.54 Å². The Hall–Kier alpha value is -2.24. The monoisotopic (exact) mass is 800 g/mol. The van der Waals surface area contributed by atoms with Crippen molar-refractivity contribution in [2.45, 2.75) is 155 Å². The molecule has 0 rings (SSSR count). The van der Waals surface area contributed by atoms with Gasteiger partial charge < -0.3 is 33.6 Å². The van der Waals surface area contributed by atoms with E-state index in [4.69, 9.17) is 24.7 Å². The molecule has 0 saturated carbocycles. The van der Waals surface area contributed by atoms with Crippen LogP contribution in [-0.2, 0) is 38.1 Å². The molecular weight excluding hydrogens is 711 g/mol. The summed E-state index contributed by atoms with van der Waals surface area (Å²) in [7, 11) is 4.13. The molecule has 330 valence electrons. The first-order valence-corrected chi connectivity index (χ1v) is 20.9. The molecular formula is C45H89N3O8+2. The lowest BCUT2D eigenvalue weighted by molar-refractivity contribution is -0.927. The molecule has 3 unspecified atom stereocenters. The summed E-state index contributed by atoms with van der Waals surface area (Å²) in [5.74, 6) is -1.10. The van der Waals surface area contributed by atoms with E-state index in [2.05, 4.69) is 83.3 Å². The van der Waals surface area contributed by atoms with Crippen LogP contribution in [-0.4, -0.2) is 118 Å². The maximum Gasteiger partial charge on any atom is 0.311 e. The predicted octanol–water partition coefficient (Wildman–Crippen LogP) is 7.96. The standard InChI is InChI=1S/C45H89N3O8/c1-39(2,3)31-53-35(49)21-27-47(18,28-22-36(50)54-32-43(13,14)40(4,5)6)25-20-26-48(19,29-23-37(51)55-33-44(15,16)41(7,8)9)30-24-38(52)56-34-45(17,46)42(10,11)12/h20-34,46H2,1-19H3/q+2. The third-order valence-corrected chi connectivity index (χ3v) is 13.0. The molecule has 0 bridgehead atoms. The molecule has 56 heavy (non-hydrogen) atoms. The molecule has 0 aromatic rings. The Morgan fingerprint density at radius 3 is 0.929 bits per heavy atom. The first-order chi connectivity index (χ1) is 24.9. The molecule has 0 spiro atoms. The zero-order valence-corrected chi connectivity index (χ0v) is 39.8. The number of hydrogen-bond acceptors (Lipinski definition) is 9. The molecule has 0 heterocycles. The van der Waals surface area contributed by atoms with Crippen LogP contribution in [0.1, 0.15) is 150 Å². The number of nitrogens with zero attached hydrogens (tertiary/aromatic N) is 2. The Morgan fingerprint density at radius 2 is 0.679 bits per heavy atom. The Bertz CT molecular complexity index is 1220. The van der Waals surface area contributed by atoms with Gasteiger partial charge in [-0.1, -0.05) is 111 Å². The summed E-state index contributed by atoms with van der Waals surface area (Å²) < 4.78 is 23.7. The topological polar surface area (TPSA) is 131 Å². The van der Waals surface area contributed by atoms with Crippen LogP contribution in [0.15, 0.2) is 0 Å². The Balaban J connectivity index is 6.01. The first-order valence-electron chi connectivity index (χ1n) is 20.9. The van der Waals surface area contributed by atoms with Gasteiger partial charge in [0.25, 0.3) is 0 Å². The summed E-state index contributed by atoms with van der Waals surface area (Å²) in [6.45, 7) is 39.7. The second kappa shape index (κ2) is 20.6. The molecule has 11 heteroatoms. The highest BCUT2D eigenvalue weighted by Gasteiger charge is 2.37. The normalized spacial score (nSPS) is 16.6. The van der Waals surface area contributed by atoms with E-state index in [0.29, 0.717) is 68.1 Å². The summed E-state index contributed by atoms with van der Waals surface area (Å²) in [5, 5.41) is 0. The van der Waals surface area contributed by atoms with Crippen molar-refractivity contribution in [2.75, 3.05) is 79.8 Å². The van der Waals surface area contributed by atoms with E-state index in [9.17, 15) is 19.2 Å². The number of rotatable bonds is 23. The maximum absolute atomic E-state index is 13.1. The second-order valence-electron chi connectivity index (χ2n) is 23.1. The van der Waals surface area contributed by atoms with Gasteiger partial charge in [-0.05, 0) is 28.6 Å². The van der Waals surface area contributed by atoms with Gasteiger partial charge in [-0.3, -0.25) is 19.2 Å². The van der Waals surface area contributed by atoms with Gasteiger partial charge >= 0.3 is 23.9 Å². The first kappa shape index (κ1) is 53.8. The molecule has 0 aromatic carbocycles. The number of esters is 4. The summed E-state index contributed by atoms with van der Waals surface area (Å²) in [6.07, 6.45) is 1.55. The van der Waals surface area contributed by atoms with Crippen molar-refractivity contribution >= 4 is 23.9 Å². The SMILES string of the molecule is CC(C)(C)COC(=O)CC[N+](C)(CCC[N+](C)(CCC(=O)OCC(C)(C)C(C)(C)C)CCC(=O)OCC(C)(N)C(C)(C)C)CCC(=O)OCC(C)(C)C(C)(C)C. The summed E-state index contributed by atoms with van der Waals surface area (Å²) in [6, 6.07) is 0. The lowest BCUT2D eigenvalue weighted by Crippen LogP contribution is -2.53. The quantitative estimate of drug-likeness (QED) is 0.0622. The van der Waals surface area contributed by atoms with Crippen LogP contribution in [0.25, 0.3) is 0 Å². The lowest BCUT2D eigenvalue weighted by atomic mass is 9.70. The number of hydrogen-bond donors (Lipinski definition) is 1. The minimum absolute atomic E-state index is 0.0376. The molecule has 11 nitrogen and oxygen atoms in total. The van der Waals surface area contributed by atoms with Gasteiger partial charge in [0.1, 0.15) is 6.61 Å². The van der Waals surface area contributed by atoms with Crippen molar-refractivity contribution in [1.82, 2.24) is 0 Å². The third kappa shape index (κ3) is 20.4. The molecule has 0 aromatic heterocycles. The molecule has 0 aliphatic heterocycles. The maximum atomic E-state index is 13.1. The molecule has 0 radical (unpaired) electrons. The summed E-state index contributed by atoms with van der Waals surface area (Å²) in [4.78, 5) is 52.0. The molecule has 0 aliphatic rings. The van der Waals surface area contributed by atoms with E-state index in [-0.39, 0.29) is 88.7 Å². The molecule has 0 amide bonds. The molecule has 2 N–H and O–H groups in total. The van der Waals surface area contributed by atoms with Crippen molar-refractivity contribution in [3.63, 3.8) is 0 Å². The molecule has 0 fully saturated rings. The van der Waals surface area contributed by atoms with Crippen molar-refractivity contribution < 1.29 is 47.1 Å². The Kier molecular flexibility index (Phi) is 19.8. The third-order valence-electron chi connectivity index (χ3n) is 13.0. The van der Waals surface area contributed by atoms with Gasteiger partial charge in [-0.25, -0.2) is 0 Å². The van der Waals surface area contributed by atoms with Gasteiger partial charge in [0.15, 0.2) is 0 Å². The van der Waals surface area contributed by atoms with Crippen molar-refractivity contribution in [1.29, 1.82) is 0 Å². The average molecular weight is 800 g/mol. The van der Waals surface area contributed by atoms with E-state index in [1.165, 1.54) is 0 Å². The van der Waals surface area contributed by atoms with Crippen molar-refractivity contribution in [2.24, 2.45) is 38.2 Å². The number of quaternary nitrogens is 2. The van der Waals surface area contributed by atoms with Gasteiger partial charge in [0.2, 0.25) is 0 Å². The van der Waals surface area contributed by atoms with Crippen LogP contribution in [0.3, 0.4) is 0 Å². The van der Waals surface area contributed by atoms with Crippen molar-refractivity contribution in [3.05, 3.63) is 0 Å². The molecule has 0 aliphatic carbocycles. The van der Waals surface area contributed by atoms with E-state index in [1.54, 1.807) is 0 Å². The number of ether oxygens (including phenoxy) is 4. The van der Waals surface area contributed by atoms with Crippen LogP contribution < -0.4 is 5.73 Å². The fourth-order valence-corrected chi connectivity index (χ4v) is 4.94. The molecule has 0 saturated heterocycles. The molecule has 3 atom stereocenters. The Labute approximate surface area is 343 Å². The van der Waals surface area contributed by atoms with Gasteiger partial charge in [-0.15, -0.1) is 0 Å². The zero-order chi connectivity index (χ0) is 44.2. The largest absolute Gasteiger partial charge is 0.465 e. The van der Waals surface area contributed by atoms with Gasteiger partial charge in [0, 0.05) is 17.3 Å². The number of carbonyl (C=O) groups excluding carboxylic acids is 4. The second-order valence-corrected chi connectivity index (χ2v) is 23.1. The minimum atomic E-state index is -0.692. The van der Waals surface area contributed by atoms with Gasteiger partial charge in [-0.2, -0.15) is 0 Å². The smallest absolute Gasteiger partial charge is 0.311 e. The van der Waals surface area contributed by atoms with E-state index >= 15 is 0 Å². The van der Waals surface area contributed by atoms with Crippen molar-refractivity contribution in [3.8, 4) is 0 Å². The van der Waals surface area contributed by atoms with Crippen LogP contribution in [0, 0.1) is 32.5 Å². The minimum Gasteiger partial charge on any atom is -0.465 e. The lowest BCUT2D eigenvalue weighted by Gasteiger charge is -2.39. The van der Waals surface area contributed by atoms with Crippen LogP contribution in [0.5, 0.6) is 0 Å². The summed E-state index contributed by atoms with van der Waals surface area (Å²) >= 11 is 0. The zero-order valence-electron chi connectivity index (χ0n) is 39.8. The Morgan fingerprint density at radius 1 is 0.411 bits per heavy atom. The summed E-state index contributed by atoms with van der Waals surface area (Å²) in [5.41, 5.74) is 4.91. The predicted molar refractivity (Wildman–Crippen MR) is 226 cm³/mol. The highest BCUT2D eigenvalue weighted by Crippen LogP contribution is 2.39. The fraction of sp³-hybridized carbons (Fsp3) is 0.911. The fourth-order valence-electron chi connectivity index (χ4n) is 4.94. The number of carbonyl (C=O) groups is 4. The average Bonchev–Trinajstić information content (AvgIpc) is 3.02. The van der Waals surface area contributed by atoms with E-state index in [0.717, 1.165) is 6.42 Å². The highest BCUT2D eigenvalue weighted by atomic mass is 16.5. The van der Waals surface area contributed by atoms with Crippen LogP contribution in [0.2, 0.25) is 0 Å². The van der Waals surface area contributed by atoms with Crippen LogP contribution >= 0.6 is 0 Å². The number of nitrogens with two attached hydrogens (primary N) is 1. The van der Waals surface area contributed by atoms with Gasteiger partial charge in [0.05, 0.1) is 104 Å².